The van der Waals surface area contributed by atoms with Crippen LogP contribution in [0.3, 0.4) is 0 Å². The Morgan fingerprint density at radius 2 is 1.63 bits per heavy atom. The van der Waals surface area contributed by atoms with E-state index in [2.05, 4.69) is 5.32 Å². The second-order valence-electron chi connectivity index (χ2n) is 5.47. The van der Waals surface area contributed by atoms with Crippen LogP contribution in [0.1, 0.15) is 55.3 Å². The fourth-order valence-electron chi connectivity index (χ4n) is 2.67. The van der Waals surface area contributed by atoms with Crippen molar-refractivity contribution in [3.8, 4) is 0 Å². The molecule has 1 fully saturated rings. The van der Waals surface area contributed by atoms with Gasteiger partial charge in [-0.15, -0.1) is 0 Å². The minimum Gasteiger partial charge on any atom is -0.399 e. The number of nitrogen functional groups attached to an aromatic ring is 1. The maximum Gasteiger partial charge on any atom is 0.176 e. The molecule has 0 amide bonds. The van der Waals surface area contributed by atoms with E-state index in [0.29, 0.717) is 18.3 Å². The molecule has 1 aromatic rings. The average Bonchev–Trinajstić information content (AvgIpc) is 2.38. The van der Waals surface area contributed by atoms with Crippen molar-refractivity contribution in [1.82, 2.24) is 5.32 Å². The standard InChI is InChI=1S/C16H24N2O/c17-14-10-8-13(9-11-14)16(19)12-18-15-6-4-2-1-3-5-7-15/h8-11,15,18H,1-7,12,17H2. The molecule has 1 aliphatic rings. The third-order valence-corrected chi connectivity index (χ3v) is 3.89. The van der Waals surface area contributed by atoms with Crippen LogP contribution in [0, 0.1) is 0 Å². The number of anilines is 1. The SMILES string of the molecule is Nc1ccc(C(=O)CNC2CCCCCCC2)cc1. The van der Waals surface area contributed by atoms with Crippen LogP contribution in [0.25, 0.3) is 0 Å². The number of nitrogens with one attached hydrogen (secondary N) is 1. The van der Waals surface area contributed by atoms with Gasteiger partial charge >= 0.3 is 0 Å². The zero-order valence-corrected chi connectivity index (χ0v) is 11.5. The number of Topliss-reactive ketones (excluding diaryl/α,β-unsaturated/α-hetero) is 1. The first kappa shape index (κ1) is 14.1. The van der Waals surface area contributed by atoms with Crippen LogP contribution in [-0.2, 0) is 0 Å². The topological polar surface area (TPSA) is 55.1 Å². The predicted octanol–water partition coefficient (Wildman–Crippen LogP) is 3.15. The lowest BCUT2D eigenvalue weighted by molar-refractivity contribution is 0.0985. The molecule has 3 N–H and O–H groups in total. The van der Waals surface area contributed by atoms with Crippen LogP contribution in [0.15, 0.2) is 24.3 Å². The van der Waals surface area contributed by atoms with Crippen LogP contribution in [-0.4, -0.2) is 18.4 Å². The number of ketones is 1. The van der Waals surface area contributed by atoms with Crippen molar-refractivity contribution in [3.63, 3.8) is 0 Å². The largest absolute Gasteiger partial charge is 0.399 e. The molecule has 0 spiro atoms. The summed E-state index contributed by atoms with van der Waals surface area (Å²) in [6.45, 7) is 0.439. The molecular weight excluding hydrogens is 236 g/mol. The zero-order chi connectivity index (χ0) is 13.5. The van der Waals surface area contributed by atoms with Gasteiger partial charge in [-0.2, -0.15) is 0 Å². The van der Waals surface area contributed by atoms with E-state index in [4.69, 9.17) is 5.73 Å². The smallest absolute Gasteiger partial charge is 0.176 e. The number of carbonyl (C=O) groups is 1. The van der Waals surface area contributed by atoms with E-state index in [1.165, 1.54) is 44.9 Å². The van der Waals surface area contributed by atoms with Gasteiger partial charge in [0.15, 0.2) is 5.78 Å². The Morgan fingerprint density at radius 3 is 2.26 bits per heavy atom. The average molecular weight is 260 g/mol. The van der Waals surface area contributed by atoms with Gasteiger partial charge in [-0.25, -0.2) is 0 Å². The monoisotopic (exact) mass is 260 g/mol. The van der Waals surface area contributed by atoms with Crippen LogP contribution in [0.2, 0.25) is 0 Å². The Morgan fingerprint density at radius 1 is 1.05 bits per heavy atom. The fourth-order valence-corrected chi connectivity index (χ4v) is 2.67. The molecule has 1 aliphatic carbocycles. The molecule has 0 aliphatic heterocycles. The summed E-state index contributed by atoms with van der Waals surface area (Å²) in [4.78, 5) is 12.0. The lowest BCUT2D eigenvalue weighted by Crippen LogP contribution is -2.34. The molecule has 104 valence electrons. The highest BCUT2D eigenvalue weighted by molar-refractivity contribution is 5.97. The van der Waals surface area contributed by atoms with Gasteiger partial charge in [0, 0.05) is 17.3 Å². The summed E-state index contributed by atoms with van der Waals surface area (Å²) in [6.07, 6.45) is 9.02. The fraction of sp³-hybridized carbons (Fsp3) is 0.562. The first-order valence-corrected chi connectivity index (χ1v) is 7.38. The molecule has 1 saturated carbocycles. The summed E-state index contributed by atoms with van der Waals surface area (Å²) in [5, 5.41) is 3.42. The highest BCUT2D eigenvalue weighted by atomic mass is 16.1. The van der Waals surface area contributed by atoms with Gasteiger partial charge in [0.2, 0.25) is 0 Å². The highest BCUT2D eigenvalue weighted by Gasteiger charge is 2.13. The number of carbonyl (C=O) groups excluding carboxylic acids is 1. The summed E-state index contributed by atoms with van der Waals surface area (Å²) in [6, 6.07) is 7.68. The van der Waals surface area contributed by atoms with Gasteiger partial charge in [0.1, 0.15) is 0 Å². The maximum atomic E-state index is 12.0. The van der Waals surface area contributed by atoms with Crippen molar-refractivity contribution >= 4 is 11.5 Å². The number of hydrogen-bond acceptors (Lipinski definition) is 3. The Kier molecular flexibility index (Phi) is 5.40. The van der Waals surface area contributed by atoms with Crippen molar-refractivity contribution in [2.75, 3.05) is 12.3 Å². The second kappa shape index (κ2) is 7.29. The van der Waals surface area contributed by atoms with E-state index in [9.17, 15) is 4.79 Å². The van der Waals surface area contributed by atoms with Crippen LogP contribution in [0.4, 0.5) is 5.69 Å². The van der Waals surface area contributed by atoms with E-state index in [1.807, 2.05) is 0 Å². The van der Waals surface area contributed by atoms with Gasteiger partial charge in [-0.05, 0) is 37.1 Å². The Hall–Kier alpha value is -1.35. The van der Waals surface area contributed by atoms with Gasteiger partial charge in [-0.3, -0.25) is 4.79 Å². The van der Waals surface area contributed by atoms with Crippen molar-refractivity contribution in [2.45, 2.75) is 51.0 Å². The quantitative estimate of drug-likeness (QED) is 0.646. The first-order valence-electron chi connectivity index (χ1n) is 7.38. The summed E-state index contributed by atoms with van der Waals surface area (Å²) in [7, 11) is 0. The van der Waals surface area contributed by atoms with E-state index in [1.54, 1.807) is 24.3 Å². The third-order valence-electron chi connectivity index (χ3n) is 3.89. The lowest BCUT2D eigenvalue weighted by atomic mass is 9.96. The minimum absolute atomic E-state index is 0.155. The number of rotatable bonds is 4. The van der Waals surface area contributed by atoms with Crippen molar-refractivity contribution in [3.05, 3.63) is 29.8 Å². The molecule has 3 heteroatoms. The lowest BCUT2D eigenvalue weighted by Gasteiger charge is -2.20. The maximum absolute atomic E-state index is 12.0. The van der Waals surface area contributed by atoms with Crippen LogP contribution in [0.5, 0.6) is 0 Å². The van der Waals surface area contributed by atoms with Crippen molar-refractivity contribution < 1.29 is 4.79 Å². The summed E-state index contributed by atoms with van der Waals surface area (Å²) in [5.41, 5.74) is 7.06. The molecule has 1 aromatic carbocycles. The van der Waals surface area contributed by atoms with Crippen molar-refractivity contribution in [2.24, 2.45) is 0 Å². The Labute approximate surface area is 115 Å². The number of benzene rings is 1. The molecule has 0 unspecified atom stereocenters. The predicted molar refractivity (Wildman–Crippen MR) is 79.3 cm³/mol. The third kappa shape index (κ3) is 4.67. The molecule has 3 nitrogen and oxygen atoms in total. The van der Waals surface area contributed by atoms with E-state index in [-0.39, 0.29) is 5.78 Å². The van der Waals surface area contributed by atoms with E-state index in [0.717, 1.165) is 5.56 Å². The Balaban J connectivity index is 1.80. The normalized spacial score (nSPS) is 17.7. The first-order chi connectivity index (χ1) is 9.25. The molecule has 0 aromatic heterocycles. The van der Waals surface area contributed by atoms with Crippen molar-refractivity contribution in [1.29, 1.82) is 0 Å². The highest BCUT2D eigenvalue weighted by Crippen LogP contribution is 2.17. The zero-order valence-electron chi connectivity index (χ0n) is 11.5. The molecule has 0 bridgehead atoms. The van der Waals surface area contributed by atoms with E-state index < -0.39 is 0 Å². The molecule has 0 saturated heterocycles. The molecule has 0 atom stereocenters. The summed E-state index contributed by atoms with van der Waals surface area (Å²) in [5.74, 6) is 0.155. The van der Waals surface area contributed by atoms with E-state index >= 15 is 0 Å². The van der Waals surface area contributed by atoms with Gasteiger partial charge in [0.25, 0.3) is 0 Å². The summed E-state index contributed by atoms with van der Waals surface area (Å²) < 4.78 is 0. The van der Waals surface area contributed by atoms with Gasteiger partial charge in [0.05, 0.1) is 6.54 Å². The van der Waals surface area contributed by atoms with Gasteiger partial charge in [-0.1, -0.05) is 32.1 Å². The molecule has 0 radical (unpaired) electrons. The van der Waals surface area contributed by atoms with Crippen LogP contribution >= 0.6 is 0 Å². The van der Waals surface area contributed by atoms with Gasteiger partial charge < -0.3 is 11.1 Å². The molecule has 0 heterocycles. The molecule has 19 heavy (non-hydrogen) atoms. The Bertz CT molecular complexity index is 392. The number of nitrogens with two attached hydrogens (primary N) is 1. The molecule has 2 rings (SSSR count). The number of hydrogen-bond donors (Lipinski definition) is 2. The minimum atomic E-state index is 0.155. The molecular formula is C16H24N2O. The summed E-state index contributed by atoms with van der Waals surface area (Å²) >= 11 is 0. The second-order valence-corrected chi connectivity index (χ2v) is 5.47. The van der Waals surface area contributed by atoms with Crippen LogP contribution < -0.4 is 11.1 Å².